The van der Waals surface area contributed by atoms with Gasteiger partial charge in [-0.15, -0.1) is 0 Å². The summed E-state index contributed by atoms with van der Waals surface area (Å²) in [6, 6.07) is 8.29. The van der Waals surface area contributed by atoms with Gasteiger partial charge < -0.3 is 15.2 Å². The molecule has 28 heavy (non-hydrogen) atoms. The molecule has 4 rings (SSSR count). The van der Waals surface area contributed by atoms with Crippen LogP contribution in [0.15, 0.2) is 36.7 Å². The zero-order valence-electron chi connectivity index (χ0n) is 16.2. The van der Waals surface area contributed by atoms with E-state index in [2.05, 4.69) is 21.8 Å². The van der Waals surface area contributed by atoms with E-state index in [9.17, 15) is 9.59 Å². The molecule has 2 N–H and O–H groups in total. The Morgan fingerprint density at radius 3 is 2.79 bits per heavy atom. The highest BCUT2D eigenvalue weighted by Gasteiger charge is 2.18. The van der Waals surface area contributed by atoms with E-state index in [1.807, 2.05) is 36.7 Å². The number of nitrogens with zero attached hydrogens (tertiary/aromatic N) is 3. The number of fused-ring (bicyclic) bond motifs is 1. The van der Waals surface area contributed by atoms with E-state index in [0.29, 0.717) is 11.4 Å². The van der Waals surface area contributed by atoms with Gasteiger partial charge in [0.05, 0.1) is 11.9 Å². The van der Waals surface area contributed by atoms with E-state index >= 15 is 0 Å². The van der Waals surface area contributed by atoms with Crippen LogP contribution in [0, 0.1) is 6.92 Å². The van der Waals surface area contributed by atoms with E-state index in [-0.39, 0.29) is 24.4 Å². The summed E-state index contributed by atoms with van der Waals surface area (Å²) in [4.78, 5) is 24.8. The molecule has 1 aliphatic rings. The highest BCUT2D eigenvalue weighted by Crippen LogP contribution is 2.21. The molecule has 0 aliphatic heterocycles. The van der Waals surface area contributed by atoms with Gasteiger partial charge in [-0.2, -0.15) is 5.10 Å². The van der Waals surface area contributed by atoms with Crippen molar-refractivity contribution in [2.75, 3.05) is 5.32 Å². The predicted molar refractivity (Wildman–Crippen MR) is 108 cm³/mol. The molecule has 2 amide bonds. The van der Waals surface area contributed by atoms with E-state index in [1.54, 1.807) is 17.1 Å². The van der Waals surface area contributed by atoms with Gasteiger partial charge in [-0.25, -0.2) is 0 Å². The van der Waals surface area contributed by atoms with E-state index in [4.69, 9.17) is 0 Å². The Hall–Kier alpha value is -3.09. The van der Waals surface area contributed by atoms with Crippen molar-refractivity contribution in [1.29, 1.82) is 0 Å². The highest BCUT2D eigenvalue weighted by atomic mass is 16.2. The molecule has 146 valence electrons. The molecule has 1 saturated carbocycles. The molecule has 0 unspecified atom stereocenters. The number of hydrogen-bond acceptors (Lipinski definition) is 3. The van der Waals surface area contributed by atoms with Crippen LogP contribution in [0.5, 0.6) is 0 Å². The predicted octanol–water partition coefficient (Wildman–Crippen LogP) is 2.99. The number of carbonyl (C=O) groups is 2. The van der Waals surface area contributed by atoms with Crippen molar-refractivity contribution in [3.8, 4) is 0 Å². The van der Waals surface area contributed by atoms with Gasteiger partial charge in [-0.1, -0.05) is 24.5 Å². The van der Waals surface area contributed by atoms with E-state index < -0.39 is 0 Å². The van der Waals surface area contributed by atoms with Crippen molar-refractivity contribution in [1.82, 2.24) is 19.7 Å². The monoisotopic (exact) mass is 379 g/mol. The quantitative estimate of drug-likeness (QED) is 0.715. The number of aryl methyl sites for hydroxylation is 2. The summed E-state index contributed by atoms with van der Waals surface area (Å²) in [5, 5.41) is 11.1. The van der Waals surface area contributed by atoms with Crippen molar-refractivity contribution in [3.63, 3.8) is 0 Å². The standard InChI is InChI=1S/C21H25N5O2/c1-14-7-8-18-15(9-14)10-19(25(18)2)21(28)24-17-11-22-26(12-17)13-20(27)23-16-5-3-4-6-16/h7-12,16H,3-6,13H2,1-2H3,(H,23,27)(H,24,28). The van der Waals surface area contributed by atoms with E-state index in [0.717, 1.165) is 29.3 Å². The van der Waals surface area contributed by atoms with Crippen LogP contribution >= 0.6 is 0 Å². The Balaban J connectivity index is 1.41. The summed E-state index contributed by atoms with van der Waals surface area (Å²) in [5.74, 6) is -0.247. The maximum atomic E-state index is 12.7. The summed E-state index contributed by atoms with van der Waals surface area (Å²) in [5.41, 5.74) is 3.31. The van der Waals surface area contributed by atoms with Crippen molar-refractivity contribution in [3.05, 3.63) is 47.9 Å². The summed E-state index contributed by atoms with van der Waals surface area (Å²) in [6.45, 7) is 2.18. The second kappa shape index (κ2) is 7.50. The number of anilines is 1. The van der Waals surface area contributed by atoms with Crippen molar-refractivity contribution < 1.29 is 9.59 Å². The lowest BCUT2D eigenvalue weighted by Crippen LogP contribution is -2.35. The van der Waals surface area contributed by atoms with Gasteiger partial charge in [0, 0.05) is 30.2 Å². The minimum Gasteiger partial charge on any atom is -0.352 e. The lowest BCUT2D eigenvalue weighted by atomic mass is 10.2. The van der Waals surface area contributed by atoms with Gasteiger partial charge in [0.1, 0.15) is 12.2 Å². The van der Waals surface area contributed by atoms with Crippen LogP contribution in [0.4, 0.5) is 5.69 Å². The van der Waals surface area contributed by atoms with Gasteiger partial charge in [0.15, 0.2) is 0 Å². The fourth-order valence-corrected chi connectivity index (χ4v) is 3.89. The number of nitrogens with one attached hydrogen (secondary N) is 2. The fraction of sp³-hybridized carbons (Fsp3) is 0.381. The summed E-state index contributed by atoms with van der Waals surface area (Å²) < 4.78 is 3.42. The number of aromatic nitrogens is 3. The first kappa shape index (κ1) is 18.3. The minimum atomic E-state index is -0.202. The van der Waals surface area contributed by atoms with Gasteiger partial charge >= 0.3 is 0 Å². The Bertz CT molecular complexity index is 1030. The Labute approximate surface area is 163 Å². The normalized spacial score (nSPS) is 14.5. The molecule has 1 aromatic carbocycles. The Morgan fingerprint density at radius 1 is 1.21 bits per heavy atom. The number of rotatable bonds is 5. The lowest BCUT2D eigenvalue weighted by molar-refractivity contribution is -0.122. The van der Waals surface area contributed by atoms with Gasteiger partial charge in [-0.3, -0.25) is 14.3 Å². The zero-order valence-corrected chi connectivity index (χ0v) is 16.2. The lowest BCUT2D eigenvalue weighted by Gasteiger charge is -2.11. The largest absolute Gasteiger partial charge is 0.352 e. The van der Waals surface area contributed by atoms with Crippen LogP contribution in [-0.4, -0.2) is 32.2 Å². The van der Waals surface area contributed by atoms with Gasteiger partial charge in [0.2, 0.25) is 5.91 Å². The molecule has 0 saturated heterocycles. The molecule has 0 radical (unpaired) electrons. The molecule has 1 aliphatic carbocycles. The summed E-state index contributed by atoms with van der Waals surface area (Å²) >= 11 is 0. The first-order valence-electron chi connectivity index (χ1n) is 9.69. The Morgan fingerprint density at radius 2 is 2.00 bits per heavy atom. The third-order valence-electron chi connectivity index (χ3n) is 5.35. The maximum Gasteiger partial charge on any atom is 0.272 e. The molecule has 0 spiro atoms. The van der Waals surface area contributed by atoms with Crippen LogP contribution in [0.1, 0.15) is 41.7 Å². The van der Waals surface area contributed by atoms with Crippen LogP contribution < -0.4 is 10.6 Å². The highest BCUT2D eigenvalue weighted by molar-refractivity contribution is 6.06. The second-order valence-electron chi connectivity index (χ2n) is 7.58. The molecular formula is C21H25N5O2. The topological polar surface area (TPSA) is 80.9 Å². The molecule has 7 heteroatoms. The average molecular weight is 379 g/mol. The first-order chi connectivity index (χ1) is 13.5. The minimum absolute atomic E-state index is 0.0445. The Kier molecular flexibility index (Phi) is 4.90. The maximum absolute atomic E-state index is 12.7. The third-order valence-corrected chi connectivity index (χ3v) is 5.35. The van der Waals surface area contributed by atoms with Crippen LogP contribution in [-0.2, 0) is 18.4 Å². The number of carbonyl (C=O) groups excluding carboxylic acids is 2. The van der Waals surface area contributed by atoms with Crippen LogP contribution in [0.2, 0.25) is 0 Å². The molecule has 1 fully saturated rings. The molecule has 3 aromatic rings. The zero-order chi connectivity index (χ0) is 19.7. The van der Waals surface area contributed by atoms with Crippen LogP contribution in [0.25, 0.3) is 10.9 Å². The molecule has 7 nitrogen and oxygen atoms in total. The smallest absolute Gasteiger partial charge is 0.272 e. The third kappa shape index (κ3) is 3.78. The average Bonchev–Trinajstić information content (AvgIpc) is 3.37. The van der Waals surface area contributed by atoms with Crippen LogP contribution in [0.3, 0.4) is 0 Å². The van der Waals surface area contributed by atoms with Gasteiger partial charge in [0.25, 0.3) is 5.91 Å². The van der Waals surface area contributed by atoms with Crippen molar-refractivity contribution in [2.45, 2.75) is 45.2 Å². The van der Waals surface area contributed by atoms with Crippen molar-refractivity contribution >= 4 is 28.4 Å². The summed E-state index contributed by atoms with van der Waals surface area (Å²) in [6.07, 6.45) is 7.70. The number of hydrogen-bond donors (Lipinski definition) is 2. The summed E-state index contributed by atoms with van der Waals surface area (Å²) in [7, 11) is 1.88. The van der Waals surface area contributed by atoms with Gasteiger partial charge in [-0.05, 0) is 38.0 Å². The molecule has 0 bridgehead atoms. The number of benzene rings is 1. The fourth-order valence-electron chi connectivity index (χ4n) is 3.89. The second-order valence-corrected chi connectivity index (χ2v) is 7.58. The molecule has 2 heterocycles. The van der Waals surface area contributed by atoms with E-state index in [1.165, 1.54) is 12.8 Å². The molecule has 0 atom stereocenters. The first-order valence-corrected chi connectivity index (χ1v) is 9.69. The molecular weight excluding hydrogens is 354 g/mol. The molecule has 2 aromatic heterocycles. The van der Waals surface area contributed by atoms with Crippen molar-refractivity contribution in [2.24, 2.45) is 7.05 Å². The number of amides is 2. The SMILES string of the molecule is Cc1ccc2c(c1)cc(C(=O)Nc1cnn(CC(=O)NC3CCCC3)c1)n2C.